The fraction of sp³-hybridized carbons (Fsp3) is 0.200. The second-order valence-electron chi connectivity index (χ2n) is 4.45. The van der Waals surface area contributed by atoms with Gasteiger partial charge < -0.3 is 10.1 Å². The Balaban J connectivity index is 2.13. The summed E-state index contributed by atoms with van der Waals surface area (Å²) in [6, 6.07) is 7.22. The van der Waals surface area contributed by atoms with Crippen LogP contribution in [0.25, 0.3) is 0 Å². The monoisotopic (exact) mass is 299 g/mol. The summed E-state index contributed by atoms with van der Waals surface area (Å²) < 4.78 is 58.0. The van der Waals surface area contributed by atoms with Gasteiger partial charge in [0.1, 0.15) is 5.69 Å². The third-order valence-electron chi connectivity index (χ3n) is 2.92. The summed E-state index contributed by atoms with van der Waals surface area (Å²) in [6.07, 6.45) is 0. The fourth-order valence-electron chi connectivity index (χ4n) is 1.84. The van der Waals surface area contributed by atoms with E-state index in [1.54, 1.807) is 31.4 Å². The number of methoxy groups -OCH3 is 1. The van der Waals surface area contributed by atoms with Crippen LogP contribution in [-0.2, 0) is 17.9 Å². The molecule has 2 aromatic rings. The van der Waals surface area contributed by atoms with Crippen LogP contribution in [0.3, 0.4) is 0 Å². The van der Waals surface area contributed by atoms with Crippen molar-refractivity contribution in [2.75, 3.05) is 12.4 Å². The van der Waals surface area contributed by atoms with Gasteiger partial charge in [0.2, 0.25) is 0 Å². The Kier molecular flexibility index (Phi) is 4.80. The van der Waals surface area contributed by atoms with Crippen molar-refractivity contribution in [2.45, 2.75) is 13.2 Å². The molecule has 0 amide bonds. The van der Waals surface area contributed by atoms with Crippen LogP contribution in [-0.4, -0.2) is 7.11 Å². The van der Waals surface area contributed by atoms with Crippen LogP contribution in [0.2, 0.25) is 0 Å². The minimum absolute atomic E-state index is 0.0317. The van der Waals surface area contributed by atoms with Crippen LogP contribution in [0.15, 0.2) is 30.3 Å². The zero-order valence-corrected chi connectivity index (χ0v) is 11.2. The second kappa shape index (κ2) is 6.58. The van der Waals surface area contributed by atoms with Gasteiger partial charge in [-0.05, 0) is 11.1 Å². The molecule has 0 aliphatic rings. The first-order valence-electron chi connectivity index (χ1n) is 6.16. The normalized spacial score (nSPS) is 10.7. The smallest absolute Gasteiger partial charge is 0.185 e. The van der Waals surface area contributed by atoms with E-state index in [2.05, 4.69) is 5.32 Å². The molecule has 0 aromatic heterocycles. The lowest BCUT2D eigenvalue weighted by Crippen LogP contribution is -2.07. The predicted octanol–water partition coefficient (Wildman–Crippen LogP) is 4.00. The molecule has 1 N–H and O–H groups in total. The topological polar surface area (TPSA) is 21.3 Å². The number of ether oxygens (including phenoxy) is 1. The summed E-state index contributed by atoms with van der Waals surface area (Å²) in [4.78, 5) is 0. The molecule has 0 saturated heterocycles. The molecule has 0 saturated carbocycles. The summed E-state index contributed by atoms with van der Waals surface area (Å²) in [5.41, 5.74) is 0.835. The zero-order valence-electron chi connectivity index (χ0n) is 11.2. The third kappa shape index (κ3) is 3.52. The number of anilines is 1. The highest BCUT2D eigenvalue weighted by Gasteiger charge is 2.18. The number of nitrogens with one attached hydrogen (secondary N) is 1. The second-order valence-corrected chi connectivity index (χ2v) is 4.45. The highest BCUT2D eigenvalue weighted by Crippen LogP contribution is 2.24. The van der Waals surface area contributed by atoms with E-state index in [0.717, 1.165) is 5.56 Å². The molecule has 0 radical (unpaired) electrons. The molecule has 0 bridgehead atoms. The molecule has 0 unspecified atom stereocenters. The van der Waals surface area contributed by atoms with E-state index < -0.39 is 29.0 Å². The lowest BCUT2D eigenvalue weighted by atomic mass is 10.1. The van der Waals surface area contributed by atoms with Crippen LogP contribution in [0.5, 0.6) is 0 Å². The molecule has 0 fully saturated rings. The highest BCUT2D eigenvalue weighted by atomic mass is 19.2. The Labute approximate surface area is 119 Å². The standard InChI is InChI=1S/C15H13F4NO/c1-21-8-10-4-2-9(3-5-10)7-20-15-13(18)11(16)6-12(17)14(15)19/h2-6,20H,7-8H2,1H3. The molecular formula is C15H13F4NO. The average molecular weight is 299 g/mol. The van der Waals surface area contributed by atoms with E-state index in [9.17, 15) is 17.6 Å². The van der Waals surface area contributed by atoms with E-state index >= 15 is 0 Å². The molecule has 2 rings (SSSR count). The highest BCUT2D eigenvalue weighted by molar-refractivity contribution is 5.47. The van der Waals surface area contributed by atoms with Crippen molar-refractivity contribution < 1.29 is 22.3 Å². The number of rotatable bonds is 5. The summed E-state index contributed by atoms with van der Waals surface area (Å²) >= 11 is 0. The average Bonchev–Trinajstić information content (AvgIpc) is 2.47. The first-order chi connectivity index (χ1) is 10.0. The van der Waals surface area contributed by atoms with Gasteiger partial charge in [0.25, 0.3) is 0 Å². The Morgan fingerprint density at radius 1 is 0.905 bits per heavy atom. The van der Waals surface area contributed by atoms with E-state index in [-0.39, 0.29) is 12.6 Å². The quantitative estimate of drug-likeness (QED) is 0.665. The summed E-state index contributed by atoms with van der Waals surface area (Å²) in [7, 11) is 1.57. The van der Waals surface area contributed by atoms with E-state index in [0.29, 0.717) is 12.2 Å². The molecule has 0 heterocycles. The first kappa shape index (κ1) is 15.3. The molecule has 2 aromatic carbocycles. The minimum Gasteiger partial charge on any atom is -0.380 e. The summed E-state index contributed by atoms with van der Waals surface area (Å²) in [6.45, 7) is 0.482. The van der Waals surface area contributed by atoms with E-state index in [1.165, 1.54) is 0 Å². The number of benzene rings is 2. The molecule has 0 aliphatic carbocycles. The molecule has 21 heavy (non-hydrogen) atoms. The van der Waals surface area contributed by atoms with Gasteiger partial charge in [-0.15, -0.1) is 0 Å². The van der Waals surface area contributed by atoms with Crippen molar-refractivity contribution in [1.29, 1.82) is 0 Å². The Morgan fingerprint density at radius 3 is 1.95 bits per heavy atom. The number of hydrogen-bond donors (Lipinski definition) is 1. The van der Waals surface area contributed by atoms with Gasteiger partial charge in [-0.3, -0.25) is 0 Å². The van der Waals surface area contributed by atoms with Crippen molar-refractivity contribution in [3.63, 3.8) is 0 Å². The van der Waals surface area contributed by atoms with Crippen LogP contribution in [0, 0.1) is 23.3 Å². The Bertz CT molecular complexity index is 602. The third-order valence-corrected chi connectivity index (χ3v) is 2.92. The fourth-order valence-corrected chi connectivity index (χ4v) is 1.84. The van der Waals surface area contributed by atoms with Crippen molar-refractivity contribution in [2.24, 2.45) is 0 Å². The molecule has 6 heteroatoms. The lowest BCUT2D eigenvalue weighted by molar-refractivity contribution is 0.185. The Morgan fingerprint density at radius 2 is 1.43 bits per heavy atom. The number of halogens is 4. The number of hydrogen-bond acceptors (Lipinski definition) is 2. The van der Waals surface area contributed by atoms with Crippen molar-refractivity contribution >= 4 is 5.69 Å². The molecule has 0 aliphatic heterocycles. The van der Waals surface area contributed by atoms with Crippen molar-refractivity contribution in [1.82, 2.24) is 0 Å². The lowest BCUT2D eigenvalue weighted by Gasteiger charge is -2.10. The zero-order chi connectivity index (χ0) is 15.4. The van der Waals surface area contributed by atoms with Crippen LogP contribution in [0.4, 0.5) is 23.2 Å². The predicted molar refractivity (Wildman–Crippen MR) is 70.8 cm³/mol. The van der Waals surface area contributed by atoms with Gasteiger partial charge >= 0.3 is 0 Å². The molecular weight excluding hydrogens is 286 g/mol. The molecule has 112 valence electrons. The first-order valence-corrected chi connectivity index (χ1v) is 6.16. The Hall–Kier alpha value is -2.08. The van der Waals surface area contributed by atoms with Crippen LogP contribution < -0.4 is 5.32 Å². The minimum atomic E-state index is -1.44. The van der Waals surface area contributed by atoms with Crippen molar-refractivity contribution in [3.05, 3.63) is 64.7 Å². The molecule has 2 nitrogen and oxygen atoms in total. The van der Waals surface area contributed by atoms with Crippen LogP contribution in [0.1, 0.15) is 11.1 Å². The summed E-state index contributed by atoms with van der Waals surface area (Å²) in [5.74, 6) is -5.76. The van der Waals surface area contributed by atoms with E-state index in [4.69, 9.17) is 4.74 Å². The van der Waals surface area contributed by atoms with Crippen LogP contribution >= 0.6 is 0 Å². The van der Waals surface area contributed by atoms with Gasteiger partial charge in [0.15, 0.2) is 23.3 Å². The summed E-state index contributed by atoms with van der Waals surface area (Å²) in [5, 5.41) is 2.37. The molecule has 0 atom stereocenters. The molecule has 0 spiro atoms. The van der Waals surface area contributed by atoms with E-state index in [1.807, 2.05) is 0 Å². The van der Waals surface area contributed by atoms with Gasteiger partial charge in [-0.25, -0.2) is 17.6 Å². The van der Waals surface area contributed by atoms with Gasteiger partial charge in [-0.2, -0.15) is 0 Å². The maximum atomic E-state index is 13.4. The maximum Gasteiger partial charge on any atom is 0.185 e. The van der Waals surface area contributed by atoms with Gasteiger partial charge in [0, 0.05) is 19.7 Å². The SMILES string of the molecule is COCc1ccc(CNc2c(F)c(F)cc(F)c2F)cc1. The largest absolute Gasteiger partial charge is 0.380 e. The van der Waals surface area contributed by atoms with Gasteiger partial charge in [-0.1, -0.05) is 24.3 Å². The van der Waals surface area contributed by atoms with Crippen molar-refractivity contribution in [3.8, 4) is 0 Å². The van der Waals surface area contributed by atoms with Gasteiger partial charge in [0.05, 0.1) is 6.61 Å². The maximum absolute atomic E-state index is 13.4.